The molecule has 1 aliphatic rings. The van der Waals surface area contributed by atoms with Gasteiger partial charge < -0.3 is 39.3 Å². The first kappa shape index (κ1) is 28.7. The minimum Gasteiger partial charge on any atom is -0.497 e. The van der Waals surface area contributed by atoms with Crippen LogP contribution in [0.15, 0.2) is 65.6 Å². The van der Waals surface area contributed by atoms with Crippen LogP contribution in [0.4, 0.5) is 10.5 Å². The van der Waals surface area contributed by atoms with Gasteiger partial charge >= 0.3 is 6.03 Å². The highest BCUT2D eigenvalue weighted by Crippen LogP contribution is 2.42. The van der Waals surface area contributed by atoms with Gasteiger partial charge in [-0.25, -0.2) is 9.78 Å². The summed E-state index contributed by atoms with van der Waals surface area (Å²) in [4.78, 5) is 19.6. The summed E-state index contributed by atoms with van der Waals surface area (Å²) in [6.45, 7) is 3.23. The quantitative estimate of drug-likeness (QED) is 0.253. The highest BCUT2D eigenvalue weighted by atomic mass is 16.5. The standard InChI is InChI=1S/C32H36N4O6/c1-20-13-24(38-2)6-7-25(20)31-26-16-30(42-12-10-21-5-8-27(33)28(14-21)39-3)29(40-4)15-22(26)9-11-36(31)32(37)34-17-23-18-41-19-35-23/h5-8,13-16,18-19,31H,9-12,17,33H2,1-4H3,(H,34,37). The number of nitrogen functional groups attached to an aromatic ring is 1. The molecule has 10 heteroatoms. The molecule has 1 atom stereocenters. The molecular weight excluding hydrogens is 536 g/mol. The van der Waals surface area contributed by atoms with Gasteiger partial charge in [0.1, 0.15) is 17.8 Å². The van der Waals surface area contributed by atoms with Crippen molar-refractivity contribution in [1.82, 2.24) is 15.2 Å². The molecule has 0 bridgehead atoms. The zero-order valence-electron chi connectivity index (χ0n) is 24.3. The highest BCUT2D eigenvalue weighted by molar-refractivity contribution is 5.76. The number of benzene rings is 3. The van der Waals surface area contributed by atoms with Crippen LogP contribution in [0.1, 0.15) is 39.6 Å². The molecule has 2 heterocycles. The molecule has 0 saturated heterocycles. The van der Waals surface area contributed by atoms with E-state index in [1.807, 2.05) is 60.4 Å². The summed E-state index contributed by atoms with van der Waals surface area (Å²) in [5, 5.41) is 2.99. The Morgan fingerprint density at radius 3 is 2.57 bits per heavy atom. The Kier molecular flexibility index (Phi) is 8.71. The van der Waals surface area contributed by atoms with Crippen molar-refractivity contribution in [3.63, 3.8) is 0 Å². The van der Waals surface area contributed by atoms with Crippen molar-refractivity contribution in [3.05, 3.63) is 94.7 Å². The highest BCUT2D eigenvalue weighted by Gasteiger charge is 2.34. The Hall–Kier alpha value is -4.86. The second kappa shape index (κ2) is 12.8. The van der Waals surface area contributed by atoms with E-state index in [1.54, 1.807) is 21.3 Å². The summed E-state index contributed by atoms with van der Waals surface area (Å²) in [6, 6.07) is 15.1. The topological polar surface area (TPSA) is 121 Å². The van der Waals surface area contributed by atoms with Crippen molar-refractivity contribution in [1.29, 1.82) is 0 Å². The lowest BCUT2D eigenvalue weighted by molar-refractivity contribution is 0.179. The fourth-order valence-electron chi connectivity index (χ4n) is 5.32. The number of hydrogen-bond donors (Lipinski definition) is 2. The number of aromatic nitrogens is 1. The van der Waals surface area contributed by atoms with Gasteiger partial charge in [-0.15, -0.1) is 0 Å². The van der Waals surface area contributed by atoms with Crippen LogP contribution in [-0.2, 0) is 19.4 Å². The number of methoxy groups -OCH3 is 3. The fourth-order valence-corrected chi connectivity index (χ4v) is 5.32. The molecule has 3 N–H and O–H groups in total. The first-order valence-corrected chi connectivity index (χ1v) is 13.7. The molecule has 0 spiro atoms. The van der Waals surface area contributed by atoms with Crippen LogP contribution in [0, 0.1) is 6.92 Å². The number of nitrogens with one attached hydrogen (secondary N) is 1. The van der Waals surface area contributed by atoms with Crippen LogP contribution in [0.5, 0.6) is 23.0 Å². The van der Waals surface area contributed by atoms with Crippen molar-refractivity contribution < 1.29 is 28.2 Å². The maximum absolute atomic E-state index is 13.6. The molecule has 0 saturated carbocycles. The summed E-state index contributed by atoms with van der Waals surface area (Å²) in [7, 11) is 4.88. The third-order valence-electron chi connectivity index (χ3n) is 7.54. The number of nitrogens with two attached hydrogens (primary N) is 1. The van der Waals surface area contributed by atoms with Crippen LogP contribution < -0.4 is 30.0 Å². The number of amides is 2. The minimum atomic E-state index is -0.355. The van der Waals surface area contributed by atoms with Gasteiger partial charge in [0.25, 0.3) is 0 Å². The molecule has 1 aromatic heterocycles. The number of rotatable bonds is 10. The Balaban J connectivity index is 1.46. The first-order valence-electron chi connectivity index (χ1n) is 13.7. The number of ether oxygens (including phenoxy) is 4. The van der Waals surface area contributed by atoms with E-state index < -0.39 is 0 Å². The Bertz CT molecular complexity index is 1540. The smallest absolute Gasteiger partial charge is 0.318 e. The van der Waals surface area contributed by atoms with Crippen molar-refractivity contribution in [2.24, 2.45) is 0 Å². The number of oxazole rings is 1. The lowest BCUT2D eigenvalue weighted by atomic mass is 9.86. The van der Waals surface area contributed by atoms with E-state index in [0.717, 1.165) is 33.6 Å². The minimum absolute atomic E-state index is 0.195. The predicted octanol–water partition coefficient (Wildman–Crippen LogP) is 5.07. The Morgan fingerprint density at radius 1 is 1.02 bits per heavy atom. The van der Waals surface area contributed by atoms with E-state index in [4.69, 9.17) is 29.1 Å². The van der Waals surface area contributed by atoms with E-state index in [-0.39, 0.29) is 18.6 Å². The number of nitrogens with zero attached hydrogens (tertiary/aromatic N) is 2. The van der Waals surface area contributed by atoms with Crippen molar-refractivity contribution in [2.45, 2.75) is 32.4 Å². The van der Waals surface area contributed by atoms with Gasteiger partial charge in [-0.2, -0.15) is 0 Å². The van der Waals surface area contributed by atoms with Crippen molar-refractivity contribution in [3.8, 4) is 23.0 Å². The van der Waals surface area contributed by atoms with Crippen LogP contribution in [0.3, 0.4) is 0 Å². The van der Waals surface area contributed by atoms with Gasteiger partial charge in [-0.05, 0) is 77.6 Å². The maximum Gasteiger partial charge on any atom is 0.318 e. The second-order valence-electron chi connectivity index (χ2n) is 10.1. The monoisotopic (exact) mass is 572 g/mol. The summed E-state index contributed by atoms with van der Waals surface area (Å²) < 4.78 is 27.9. The zero-order chi connectivity index (χ0) is 29.6. The summed E-state index contributed by atoms with van der Waals surface area (Å²) >= 11 is 0. The third-order valence-corrected chi connectivity index (χ3v) is 7.54. The molecule has 220 valence electrons. The van der Waals surface area contributed by atoms with E-state index in [0.29, 0.717) is 54.6 Å². The normalized spacial score (nSPS) is 14.2. The molecule has 4 aromatic rings. The summed E-state index contributed by atoms with van der Waals surface area (Å²) in [5.41, 5.74) is 12.3. The van der Waals surface area contributed by atoms with Crippen LogP contribution in [0.2, 0.25) is 0 Å². The van der Waals surface area contributed by atoms with Crippen LogP contribution in [-0.4, -0.2) is 50.4 Å². The van der Waals surface area contributed by atoms with Gasteiger partial charge in [-0.1, -0.05) is 12.1 Å². The van der Waals surface area contributed by atoms with Gasteiger partial charge in [0.2, 0.25) is 0 Å². The maximum atomic E-state index is 13.6. The number of carbonyl (C=O) groups is 1. The molecule has 5 rings (SSSR count). The third kappa shape index (κ3) is 6.07. The number of urea groups is 1. The van der Waals surface area contributed by atoms with Gasteiger partial charge in [0.15, 0.2) is 17.9 Å². The summed E-state index contributed by atoms with van der Waals surface area (Å²) in [5.74, 6) is 2.66. The number of carbonyl (C=O) groups excluding carboxylic acids is 1. The second-order valence-corrected chi connectivity index (χ2v) is 10.1. The van der Waals surface area contributed by atoms with E-state index in [1.165, 1.54) is 12.7 Å². The molecule has 10 nitrogen and oxygen atoms in total. The van der Waals surface area contributed by atoms with Gasteiger partial charge in [-0.3, -0.25) is 0 Å². The van der Waals surface area contributed by atoms with Crippen LogP contribution in [0.25, 0.3) is 0 Å². The molecular formula is C32H36N4O6. The van der Waals surface area contributed by atoms with E-state index in [9.17, 15) is 4.79 Å². The van der Waals surface area contributed by atoms with E-state index >= 15 is 0 Å². The Labute approximate surface area is 245 Å². The lowest BCUT2D eigenvalue weighted by Crippen LogP contribution is -2.46. The van der Waals surface area contributed by atoms with Crippen molar-refractivity contribution in [2.75, 3.05) is 40.2 Å². The van der Waals surface area contributed by atoms with Gasteiger partial charge in [0.05, 0.1) is 51.9 Å². The fraction of sp³-hybridized carbons (Fsp3) is 0.312. The number of fused-ring (bicyclic) bond motifs is 1. The molecule has 3 aromatic carbocycles. The van der Waals surface area contributed by atoms with E-state index in [2.05, 4.69) is 10.3 Å². The Morgan fingerprint density at radius 2 is 1.86 bits per heavy atom. The first-order chi connectivity index (χ1) is 20.4. The largest absolute Gasteiger partial charge is 0.497 e. The molecule has 1 unspecified atom stereocenters. The average molecular weight is 573 g/mol. The SMILES string of the molecule is COc1ccc(C2c3cc(OCCc4ccc(N)c(OC)c4)c(OC)cc3CCN2C(=O)NCc2cocn2)c(C)c1. The molecule has 0 aliphatic carbocycles. The molecule has 0 fully saturated rings. The summed E-state index contributed by atoms with van der Waals surface area (Å²) in [6.07, 6.45) is 4.18. The molecule has 2 amide bonds. The predicted molar refractivity (Wildman–Crippen MR) is 158 cm³/mol. The average Bonchev–Trinajstić information content (AvgIpc) is 3.53. The molecule has 1 aliphatic heterocycles. The number of hydrogen-bond acceptors (Lipinski definition) is 8. The van der Waals surface area contributed by atoms with Crippen molar-refractivity contribution >= 4 is 11.7 Å². The van der Waals surface area contributed by atoms with Gasteiger partial charge in [0, 0.05) is 13.0 Å². The van der Waals surface area contributed by atoms with Crippen LogP contribution >= 0.6 is 0 Å². The lowest BCUT2D eigenvalue weighted by Gasteiger charge is -2.38. The molecule has 42 heavy (non-hydrogen) atoms. The zero-order valence-corrected chi connectivity index (χ0v) is 24.3. The number of anilines is 1. The number of aryl methyl sites for hydroxylation is 1. The molecule has 0 radical (unpaired) electrons.